The summed E-state index contributed by atoms with van der Waals surface area (Å²) in [6.07, 6.45) is 6.43. The predicted octanol–water partition coefficient (Wildman–Crippen LogP) is 6.27. The molecule has 0 saturated heterocycles. The summed E-state index contributed by atoms with van der Waals surface area (Å²) in [4.78, 5) is 29.7. The van der Waals surface area contributed by atoms with Gasteiger partial charge in [0, 0.05) is 28.5 Å². The van der Waals surface area contributed by atoms with E-state index in [0.29, 0.717) is 10.7 Å². The zero-order valence-electron chi connectivity index (χ0n) is 23.9. The van der Waals surface area contributed by atoms with Crippen molar-refractivity contribution in [2.75, 3.05) is 17.1 Å². The van der Waals surface area contributed by atoms with Gasteiger partial charge >= 0.3 is 0 Å². The summed E-state index contributed by atoms with van der Waals surface area (Å²) in [5.41, 5.74) is 2.89. The van der Waals surface area contributed by atoms with Crippen LogP contribution in [0.2, 0.25) is 5.02 Å². The van der Waals surface area contributed by atoms with E-state index in [1.807, 2.05) is 49.4 Å². The number of nitrogens with zero attached hydrogens (tertiary/aromatic N) is 2. The highest BCUT2D eigenvalue weighted by Crippen LogP contribution is 2.26. The second kappa shape index (κ2) is 14.5. The lowest BCUT2D eigenvalue weighted by molar-refractivity contribution is -0.140. The van der Waals surface area contributed by atoms with Crippen molar-refractivity contribution in [3.63, 3.8) is 0 Å². The Balaban J connectivity index is 1.72. The standard InChI is InChI=1S/C32H37BrClN3O4S/c1-23-19-28(17-18-29(23)33)37(42(2,40)41)22-31(38)36(21-25-13-15-26(34)16-14-25)30(20-24-9-5-3-6-10-24)32(39)35-27-11-7-4-8-12-27/h3,5-6,9-10,13-19,27,30H,4,7-8,11-12,20-22H2,1-2H3,(H,35,39). The molecular formula is C32H37BrClN3O4S. The fourth-order valence-corrected chi connectivity index (χ4v) is 6.50. The van der Waals surface area contributed by atoms with Crippen molar-refractivity contribution in [2.45, 2.75) is 64.1 Å². The Kier molecular flexibility index (Phi) is 11.1. The van der Waals surface area contributed by atoms with Crippen LogP contribution in [0, 0.1) is 6.92 Å². The van der Waals surface area contributed by atoms with Crippen LogP contribution in [-0.2, 0) is 32.6 Å². The number of halogens is 2. The Bertz CT molecular complexity index is 1480. The van der Waals surface area contributed by atoms with Gasteiger partial charge in [-0.3, -0.25) is 13.9 Å². The topological polar surface area (TPSA) is 86.8 Å². The number of sulfonamides is 1. The minimum Gasteiger partial charge on any atom is -0.352 e. The van der Waals surface area contributed by atoms with Gasteiger partial charge in [0.1, 0.15) is 12.6 Å². The first kappa shape index (κ1) is 32.0. The number of rotatable bonds is 11. The van der Waals surface area contributed by atoms with Crippen molar-refractivity contribution in [2.24, 2.45) is 0 Å². The molecule has 1 saturated carbocycles. The first-order chi connectivity index (χ1) is 20.0. The van der Waals surface area contributed by atoms with Gasteiger partial charge < -0.3 is 10.2 Å². The Hall–Kier alpha value is -2.88. The maximum Gasteiger partial charge on any atom is 0.244 e. The van der Waals surface area contributed by atoms with Gasteiger partial charge in [-0.15, -0.1) is 0 Å². The van der Waals surface area contributed by atoms with E-state index in [2.05, 4.69) is 21.2 Å². The number of carbonyl (C=O) groups is 2. The fraction of sp³-hybridized carbons (Fsp3) is 0.375. The van der Waals surface area contributed by atoms with Gasteiger partial charge in [0.05, 0.1) is 11.9 Å². The number of hydrogen-bond acceptors (Lipinski definition) is 4. The third-order valence-electron chi connectivity index (χ3n) is 7.60. The highest BCUT2D eigenvalue weighted by molar-refractivity contribution is 9.10. The molecule has 224 valence electrons. The Morgan fingerprint density at radius 2 is 1.64 bits per heavy atom. The van der Waals surface area contributed by atoms with Crippen LogP contribution in [0.3, 0.4) is 0 Å². The minimum atomic E-state index is -3.83. The lowest BCUT2D eigenvalue weighted by Gasteiger charge is -2.35. The van der Waals surface area contributed by atoms with Crippen LogP contribution < -0.4 is 9.62 Å². The van der Waals surface area contributed by atoms with Gasteiger partial charge in [0.2, 0.25) is 21.8 Å². The monoisotopic (exact) mass is 673 g/mol. The summed E-state index contributed by atoms with van der Waals surface area (Å²) in [6, 6.07) is 21.0. The van der Waals surface area contributed by atoms with Crippen molar-refractivity contribution < 1.29 is 18.0 Å². The van der Waals surface area contributed by atoms with E-state index >= 15 is 0 Å². The second-order valence-corrected chi connectivity index (χ2v) is 14.1. The molecular weight excluding hydrogens is 638 g/mol. The van der Waals surface area contributed by atoms with E-state index in [1.165, 1.54) is 4.90 Å². The summed E-state index contributed by atoms with van der Waals surface area (Å²) in [5.74, 6) is -0.714. The fourth-order valence-electron chi connectivity index (χ4n) is 5.28. The molecule has 7 nitrogen and oxygen atoms in total. The maximum absolute atomic E-state index is 14.2. The molecule has 1 N–H and O–H groups in total. The zero-order valence-corrected chi connectivity index (χ0v) is 27.1. The molecule has 42 heavy (non-hydrogen) atoms. The third-order valence-corrected chi connectivity index (χ3v) is 9.88. The number of nitrogens with one attached hydrogen (secondary N) is 1. The van der Waals surface area contributed by atoms with Crippen LogP contribution in [0.4, 0.5) is 5.69 Å². The molecule has 2 amide bonds. The molecule has 1 aliphatic rings. The summed E-state index contributed by atoms with van der Waals surface area (Å²) in [7, 11) is -3.83. The Morgan fingerprint density at radius 3 is 2.26 bits per heavy atom. The number of carbonyl (C=O) groups excluding carboxylic acids is 2. The molecule has 0 radical (unpaired) electrons. The molecule has 0 bridgehead atoms. The molecule has 0 spiro atoms. The van der Waals surface area contributed by atoms with E-state index in [4.69, 9.17) is 11.6 Å². The molecule has 1 aliphatic carbocycles. The van der Waals surface area contributed by atoms with Gasteiger partial charge in [-0.05, 0) is 66.8 Å². The van der Waals surface area contributed by atoms with Gasteiger partial charge in [-0.1, -0.05) is 89.3 Å². The molecule has 1 atom stereocenters. The average Bonchev–Trinajstić information content (AvgIpc) is 2.96. The third kappa shape index (κ3) is 8.82. The van der Waals surface area contributed by atoms with Crippen LogP contribution >= 0.6 is 27.5 Å². The maximum atomic E-state index is 14.2. The van der Waals surface area contributed by atoms with Crippen molar-refractivity contribution in [1.82, 2.24) is 10.2 Å². The summed E-state index contributed by atoms with van der Waals surface area (Å²) >= 11 is 9.58. The predicted molar refractivity (Wildman–Crippen MR) is 172 cm³/mol. The number of anilines is 1. The highest BCUT2D eigenvalue weighted by atomic mass is 79.9. The average molecular weight is 675 g/mol. The van der Waals surface area contributed by atoms with Crippen LogP contribution in [0.5, 0.6) is 0 Å². The molecule has 4 rings (SSSR count). The van der Waals surface area contributed by atoms with Gasteiger partial charge in [0.15, 0.2) is 0 Å². The minimum absolute atomic E-state index is 0.0512. The van der Waals surface area contributed by atoms with E-state index in [0.717, 1.165) is 63.8 Å². The Labute approximate surface area is 262 Å². The van der Waals surface area contributed by atoms with Crippen molar-refractivity contribution in [3.05, 3.63) is 99.0 Å². The molecule has 3 aromatic rings. The van der Waals surface area contributed by atoms with Crippen LogP contribution in [0.25, 0.3) is 0 Å². The van der Waals surface area contributed by atoms with E-state index in [1.54, 1.807) is 30.3 Å². The number of hydrogen-bond donors (Lipinski definition) is 1. The SMILES string of the molecule is Cc1cc(N(CC(=O)N(Cc2ccc(Cl)cc2)C(Cc2ccccc2)C(=O)NC2CCCCC2)S(C)(=O)=O)ccc1Br. The molecule has 0 aromatic heterocycles. The summed E-state index contributed by atoms with van der Waals surface area (Å²) in [5, 5.41) is 3.76. The molecule has 0 aliphatic heterocycles. The van der Waals surface area contributed by atoms with Crippen molar-refractivity contribution in [1.29, 1.82) is 0 Å². The second-order valence-electron chi connectivity index (χ2n) is 10.9. The number of aryl methyl sites for hydroxylation is 1. The first-order valence-corrected chi connectivity index (χ1v) is 17.2. The van der Waals surface area contributed by atoms with E-state index in [9.17, 15) is 18.0 Å². The van der Waals surface area contributed by atoms with Crippen LogP contribution in [0.15, 0.2) is 77.3 Å². The zero-order chi connectivity index (χ0) is 30.3. The lowest BCUT2D eigenvalue weighted by atomic mass is 9.94. The molecule has 3 aromatic carbocycles. The van der Waals surface area contributed by atoms with Gasteiger partial charge in [-0.2, -0.15) is 0 Å². The van der Waals surface area contributed by atoms with Gasteiger partial charge in [-0.25, -0.2) is 8.42 Å². The quantitative estimate of drug-likeness (QED) is 0.260. The smallest absolute Gasteiger partial charge is 0.244 e. The Morgan fingerprint density at radius 1 is 0.976 bits per heavy atom. The molecule has 10 heteroatoms. The van der Waals surface area contributed by atoms with Crippen LogP contribution in [-0.4, -0.2) is 50.0 Å². The summed E-state index contributed by atoms with van der Waals surface area (Å²) in [6.45, 7) is 1.52. The van der Waals surface area contributed by atoms with Crippen LogP contribution in [0.1, 0.15) is 48.8 Å². The number of amides is 2. The van der Waals surface area contributed by atoms with E-state index < -0.39 is 28.5 Å². The summed E-state index contributed by atoms with van der Waals surface area (Å²) < 4.78 is 27.9. The normalized spacial score (nSPS) is 14.7. The van der Waals surface area contributed by atoms with Crippen molar-refractivity contribution in [3.8, 4) is 0 Å². The largest absolute Gasteiger partial charge is 0.352 e. The van der Waals surface area contributed by atoms with Crippen molar-refractivity contribution >= 4 is 55.1 Å². The highest BCUT2D eigenvalue weighted by Gasteiger charge is 2.34. The van der Waals surface area contributed by atoms with E-state index in [-0.39, 0.29) is 24.9 Å². The molecule has 1 fully saturated rings. The number of benzene rings is 3. The molecule has 0 heterocycles. The first-order valence-electron chi connectivity index (χ1n) is 14.1. The molecule has 1 unspecified atom stereocenters. The van der Waals surface area contributed by atoms with Gasteiger partial charge in [0.25, 0.3) is 0 Å². The lowest BCUT2D eigenvalue weighted by Crippen LogP contribution is -2.55.